The normalized spacial score (nSPS) is 10.4. The van der Waals surface area contributed by atoms with Gasteiger partial charge in [-0.2, -0.15) is 0 Å². The maximum Gasteiger partial charge on any atom is 0.251 e. The van der Waals surface area contributed by atoms with E-state index in [2.05, 4.69) is 17.4 Å². The first kappa shape index (κ1) is 19.0. The van der Waals surface area contributed by atoms with Crippen molar-refractivity contribution in [3.8, 4) is 0 Å². The number of aryl methyl sites for hydroxylation is 3. The van der Waals surface area contributed by atoms with E-state index in [-0.39, 0.29) is 11.8 Å². The van der Waals surface area contributed by atoms with Crippen LogP contribution in [-0.4, -0.2) is 24.9 Å². The predicted octanol–water partition coefficient (Wildman–Crippen LogP) is 4.05. The third kappa shape index (κ3) is 4.83. The Morgan fingerprint density at radius 2 is 1.60 bits per heavy atom. The molecule has 0 radical (unpaired) electrons. The van der Waals surface area contributed by atoms with Gasteiger partial charge in [0.2, 0.25) is 5.91 Å². The molecule has 0 spiro atoms. The van der Waals surface area contributed by atoms with Crippen molar-refractivity contribution in [1.29, 1.82) is 0 Å². The first-order valence-electron chi connectivity index (χ1n) is 8.19. The minimum absolute atomic E-state index is 0.0456. The number of nitrogens with one attached hydrogen (secondary N) is 1. The van der Waals surface area contributed by atoms with Crippen LogP contribution in [0.2, 0.25) is 5.02 Å². The van der Waals surface area contributed by atoms with E-state index in [1.165, 1.54) is 5.56 Å². The van der Waals surface area contributed by atoms with Crippen molar-refractivity contribution < 1.29 is 9.59 Å². The summed E-state index contributed by atoms with van der Waals surface area (Å²) < 4.78 is 0. The van der Waals surface area contributed by atoms with Crippen molar-refractivity contribution >= 4 is 29.1 Å². The van der Waals surface area contributed by atoms with E-state index in [4.69, 9.17) is 11.6 Å². The average molecular weight is 359 g/mol. The summed E-state index contributed by atoms with van der Waals surface area (Å²) in [4.78, 5) is 26.0. The van der Waals surface area contributed by atoms with Crippen molar-refractivity contribution in [2.75, 3.05) is 18.0 Å². The molecule has 132 valence electrons. The molecule has 0 saturated carbocycles. The topological polar surface area (TPSA) is 49.4 Å². The second kappa shape index (κ2) is 8.17. The molecule has 0 heterocycles. The Balaban J connectivity index is 2.07. The van der Waals surface area contributed by atoms with Crippen LogP contribution in [0.5, 0.6) is 0 Å². The molecule has 4 nitrogen and oxygen atoms in total. The summed E-state index contributed by atoms with van der Waals surface area (Å²) in [6.07, 6.45) is 0. The van der Waals surface area contributed by atoms with Crippen LogP contribution in [0.15, 0.2) is 36.4 Å². The number of carbonyl (C=O) groups is 2. The highest BCUT2D eigenvalue weighted by Gasteiger charge is 2.17. The second-order valence-corrected chi connectivity index (χ2v) is 6.62. The Labute approximate surface area is 153 Å². The summed E-state index contributed by atoms with van der Waals surface area (Å²) in [7, 11) is 0. The SMILES string of the molecule is CC(=O)N(CCNC(=O)c1ccc(Cl)cc1)c1c(C)cc(C)cc1C. The fourth-order valence-electron chi connectivity index (χ4n) is 3.01. The Hall–Kier alpha value is -2.33. The van der Waals surface area contributed by atoms with Gasteiger partial charge >= 0.3 is 0 Å². The van der Waals surface area contributed by atoms with Gasteiger partial charge in [-0.25, -0.2) is 0 Å². The molecule has 5 heteroatoms. The lowest BCUT2D eigenvalue weighted by molar-refractivity contribution is -0.116. The van der Waals surface area contributed by atoms with Gasteiger partial charge < -0.3 is 10.2 Å². The van der Waals surface area contributed by atoms with Gasteiger partial charge in [0.15, 0.2) is 0 Å². The molecule has 0 atom stereocenters. The highest BCUT2D eigenvalue weighted by molar-refractivity contribution is 6.30. The van der Waals surface area contributed by atoms with Crippen LogP contribution in [0.3, 0.4) is 0 Å². The van der Waals surface area contributed by atoms with E-state index >= 15 is 0 Å². The molecule has 0 aliphatic heterocycles. The van der Waals surface area contributed by atoms with Crippen LogP contribution < -0.4 is 10.2 Å². The van der Waals surface area contributed by atoms with Crippen LogP contribution in [0.1, 0.15) is 34.0 Å². The van der Waals surface area contributed by atoms with Gasteiger partial charge in [-0.15, -0.1) is 0 Å². The summed E-state index contributed by atoms with van der Waals surface area (Å²) in [5.74, 6) is -0.228. The number of hydrogen-bond donors (Lipinski definition) is 1. The Kier molecular flexibility index (Phi) is 6.21. The van der Waals surface area contributed by atoms with Crippen LogP contribution in [0.4, 0.5) is 5.69 Å². The zero-order valence-corrected chi connectivity index (χ0v) is 15.8. The molecule has 0 aliphatic rings. The third-order valence-corrected chi connectivity index (χ3v) is 4.26. The van der Waals surface area contributed by atoms with Gasteiger partial charge in [0.1, 0.15) is 0 Å². The van der Waals surface area contributed by atoms with Gasteiger partial charge in [0.25, 0.3) is 5.91 Å². The van der Waals surface area contributed by atoms with Gasteiger partial charge in [0, 0.05) is 36.3 Å². The monoisotopic (exact) mass is 358 g/mol. The molecule has 0 saturated heterocycles. The van der Waals surface area contributed by atoms with Crippen molar-refractivity contribution in [3.63, 3.8) is 0 Å². The molecule has 25 heavy (non-hydrogen) atoms. The molecule has 0 aliphatic carbocycles. The van der Waals surface area contributed by atoms with Crippen LogP contribution in [0, 0.1) is 20.8 Å². The molecule has 0 aromatic heterocycles. The molecule has 0 unspecified atom stereocenters. The lowest BCUT2D eigenvalue weighted by Gasteiger charge is -2.25. The maximum atomic E-state index is 12.2. The van der Waals surface area contributed by atoms with Crippen molar-refractivity contribution in [3.05, 3.63) is 63.7 Å². The highest BCUT2D eigenvalue weighted by atomic mass is 35.5. The summed E-state index contributed by atoms with van der Waals surface area (Å²) in [5, 5.41) is 3.44. The second-order valence-electron chi connectivity index (χ2n) is 6.18. The Morgan fingerprint density at radius 1 is 1.04 bits per heavy atom. The lowest BCUT2D eigenvalue weighted by Crippen LogP contribution is -2.38. The molecule has 0 fully saturated rings. The van der Waals surface area contributed by atoms with Gasteiger partial charge in [-0.3, -0.25) is 9.59 Å². The Morgan fingerprint density at radius 3 is 2.12 bits per heavy atom. The minimum Gasteiger partial charge on any atom is -0.350 e. The number of carbonyl (C=O) groups excluding carboxylic acids is 2. The molecular formula is C20H23ClN2O2. The number of hydrogen-bond acceptors (Lipinski definition) is 2. The number of benzene rings is 2. The quantitative estimate of drug-likeness (QED) is 0.876. The standard InChI is InChI=1S/C20H23ClN2O2/c1-13-11-14(2)19(15(3)12-13)23(16(4)24)10-9-22-20(25)17-5-7-18(21)8-6-17/h5-8,11-12H,9-10H2,1-4H3,(H,22,25). The predicted molar refractivity (Wildman–Crippen MR) is 102 cm³/mol. The molecule has 2 rings (SSSR count). The fraction of sp³-hybridized carbons (Fsp3) is 0.300. The molecule has 1 N–H and O–H groups in total. The summed E-state index contributed by atoms with van der Waals surface area (Å²) >= 11 is 5.83. The summed E-state index contributed by atoms with van der Waals surface area (Å²) in [6.45, 7) is 8.36. The largest absolute Gasteiger partial charge is 0.350 e. The number of anilines is 1. The van der Waals surface area contributed by atoms with Crippen LogP contribution in [-0.2, 0) is 4.79 Å². The number of nitrogens with zero attached hydrogens (tertiary/aromatic N) is 1. The zero-order valence-electron chi connectivity index (χ0n) is 15.0. The molecule has 2 aromatic rings. The number of rotatable bonds is 5. The smallest absolute Gasteiger partial charge is 0.251 e. The number of halogens is 1. The van der Waals surface area contributed by atoms with E-state index in [9.17, 15) is 9.59 Å². The van der Waals surface area contributed by atoms with Crippen molar-refractivity contribution in [2.45, 2.75) is 27.7 Å². The van der Waals surface area contributed by atoms with Gasteiger partial charge in [-0.05, 0) is 56.2 Å². The molecule has 2 aromatic carbocycles. The average Bonchev–Trinajstić information content (AvgIpc) is 2.52. The van der Waals surface area contributed by atoms with E-state index in [0.717, 1.165) is 16.8 Å². The minimum atomic E-state index is -0.183. The molecular weight excluding hydrogens is 336 g/mol. The zero-order chi connectivity index (χ0) is 18.6. The molecule has 0 bridgehead atoms. The van der Waals surface area contributed by atoms with Gasteiger partial charge in [-0.1, -0.05) is 29.3 Å². The summed E-state index contributed by atoms with van der Waals surface area (Å²) in [6, 6.07) is 10.8. The Bertz CT molecular complexity index is 762. The first-order chi connectivity index (χ1) is 11.8. The highest BCUT2D eigenvalue weighted by Crippen LogP contribution is 2.26. The van der Waals surface area contributed by atoms with Gasteiger partial charge in [0.05, 0.1) is 0 Å². The summed E-state index contributed by atoms with van der Waals surface area (Å²) in [5.41, 5.74) is 4.73. The van der Waals surface area contributed by atoms with Crippen LogP contribution >= 0.6 is 11.6 Å². The first-order valence-corrected chi connectivity index (χ1v) is 8.57. The fourth-order valence-corrected chi connectivity index (χ4v) is 3.14. The van der Waals surface area contributed by atoms with Crippen LogP contribution in [0.25, 0.3) is 0 Å². The lowest BCUT2D eigenvalue weighted by atomic mass is 10.0. The van der Waals surface area contributed by atoms with Crippen molar-refractivity contribution in [1.82, 2.24) is 5.32 Å². The van der Waals surface area contributed by atoms with E-state index in [0.29, 0.717) is 23.7 Å². The van der Waals surface area contributed by atoms with E-state index in [1.54, 1.807) is 36.1 Å². The van der Waals surface area contributed by atoms with Crippen molar-refractivity contribution in [2.24, 2.45) is 0 Å². The maximum absolute atomic E-state index is 12.2. The molecule has 2 amide bonds. The van der Waals surface area contributed by atoms with E-state index < -0.39 is 0 Å². The van der Waals surface area contributed by atoms with E-state index in [1.807, 2.05) is 20.8 Å². The number of amides is 2. The third-order valence-electron chi connectivity index (χ3n) is 4.01.